The largest absolute Gasteiger partial charge is 0.461 e. The summed E-state index contributed by atoms with van der Waals surface area (Å²) in [6, 6.07) is 11.0. The van der Waals surface area contributed by atoms with Gasteiger partial charge in [0, 0.05) is 18.5 Å². The second kappa shape index (κ2) is 5.94. The molecule has 1 aliphatic carbocycles. The summed E-state index contributed by atoms with van der Waals surface area (Å²) in [6.07, 6.45) is 5.54. The lowest BCUT2D eigenvalue weighted by Gasteiger charge is -2.19. The molecule has 3 aromatic heterocycles. The number of pyridine rings is 1. The summed E-state index contributed by atoms with van der Waals surface area (Å²) in [4.78, 5) is 31.4. The van der Waals surface area contributed by atoms with Crippen molar-refractivity contribution in [3.05, 3.63) is 63.2 Å². The molecule has 3 heterocycles. The van der Waals surface area contributed by atoms with E-state index in [0.717, 1.165) is 31.2 Å². The van der Waals surface area contributed by atoms with Gasteiger partial charge >= 0.3 is 0 Å². The fraction of sp³-hybridized carbons (Fsp3) is 0.286. The Morgan fingerprint density at radius 2 is 1.85 bits per heavy atom. The highest BCUT2D eigenvalue weighted by molar-refractivity contribution is 5.91. The third-order valence-electron chi connectivity index (χ3n) is 5.58. The number of hydrogen-bond donors (Lipinski definition) is 0. The SMILES string of the molecule is Cn1c2ccccc2c(=O)c2c(=O)n(C3CCCC3)c(-c3ccco3)nc21. The summed E-state index contributed by atoms with van der Waals surface area (Å²) >= 11 is 0. The molecule has 0 N–H and O–H groups in total. The molecule has 0 atom stereocenters. The molecule has 136 valence electrons. The van der Waals surface area contributed by atoms with E-state index in [-0.39, 0.29) is 22.4 Å². The molecule has 6 nitrogen and oxygen atoms in total. The molecule has 0 saturated heterocycles. The van der Waals surface area contributed by atoms with Crippen molar-refractivity contribution in [2.75, 3.05) is 0 Å². The standard InChI is InChI=1S/C21H19N3O3/c1-23-15-10-5-4-9-14(15)18(25)17-20(23)22-19(16-11-6-12-27-16)24(21(17)26)13-7-2-3-8-13/h4-6,9-13H,2-3,7-8H2,1H3. The van der Waals surface area contributed by atoms with Crippen molar-refractivity contribution in [3.8, 4) is 11.6 Å². The number of hydrogen-bond acceptors (Lipinski definition) is 4. The van der Waals surface area contributed by atoms with Gasteiger partial charge in [0.2, 0.25) is 5.43 Å². The van der Waals surface area contributed by atoms with Crippen LogP contribution in [0.2, 0.25) is 0 Å². The first kappa shape index (κ1) is 16.1. The quantitative estimate of drug-likeness (QED) is 0.511. The zero-order valence-corrected chi connectivity index (χ0v) is 15.0. The first-order chi connectivity index (χ1) is 13.2. The third-order valence-corrected chi connectivity index (χ3v) is 5.58. The third kappa shape index (κ3) is 2.29. The summed E-state index contributed by atoms with van der Waals surface area (Å²) in [6.45, 7) is 0. The van der Waals surface area contributed by atoms with Gasteiger partial charge in [0.15, 0.2) is 17.2 Å². The number of fused-ring (bicyclic) bond motifs is 2. The van der Waals surface area contributed by atoms with Gasteiger partial charge in [-0.2, -0.15) is 0 Å². The second-order valence-corrected chi connectivity index (χ2v) is 7.13. The van der Waals surface area contributed by atoms with E-state index in [9.17, 15) is 9.59 Å². The molecule has 0 unspecified atom stereocenters. The fourth-order valence-corrected chi connectivity index (χ4v) is 4.25. The second-order valence-electron chi connectivity index (χ2n) is 7.13. The van der Waals surface area contributed by atoms with Gasteiger partial charge in [0.25, 0.3) is 5.56 Å². The number of furan rings is 1. The monoisotopic (exact) mass is 361 g/mol. The Kier molecular flexibility index (Phi) is 3.53. The summed E-state index contributed by atoms with van der Waals surface area (Å²) in [5.74, 6) is 1.04. The molecule has 1 aliphatic rings. The van der Waals surface area contributed by atoms with E-state index >= 15 is 0 Å². The van der Waals surface area contributed by atoms with Crippen LogP contribution in [0.25, 0.3) is 33.5 Å². The van der Waals surface area contributed by atoms with Crippen molar-refractivity contribution in [2.45, 2.75) is 31.7 Å². The van der Waals surface area contributed by atoms with Gasteiger partial charge in [-0.05, 0) is 37.1 Å². The lowest BCUT2D eigenvalue weighted by molar-refractivity contribution is 0.490. The van der Waals surface area contributed by atoms with Crippen LogP contribution in [0.1, 0.15) is 31.7 Å². The van der Waals surface area contributed by atoms with Gasteiger partial charge in [-0.1, -0.05) is 25.0 Å². The number of aryl methyl sites for hydroxylation is 1. The number of rotatable bonds is 2. The van der Waals surface area contributed by atoms with Gasteiger partial charge in [-0.3, -0.25) is 14.2 Å². The smallest absolute Gasteiger partial charge is 0.267 e. The minimum atomic E-state index is -0.273. The average molecular weight is 361 g/mol. The predicted octanol–water partition coefficient (Wildman–Crippen LogP) is 3.62. The zero-order chi connectivity index (χ0) is 18.5. The normalized spacial score (nSPS) is 15.1. The molecule has 27 heavy (non-hydrogen) atoms. The molecule has 0 aliphatic heterocycles. The average Bonchev–Trinajstić information content (AvgIpc) is 3.39. The zero-order valence-electron chi connectivity index (χ0n) is 15.0. The Hall–Kier alpha value is -3.15. The van der Waals surface area contributed by atoms with E-state index in [0.29, 0.717) is 22.6 Å². The molecule has 6 heteroatoms. The molecule has 5 rings (SSSR count). The maximum absolute atomic E-state index is 13.5. The molecule has 1 aromatic carbocycles. The van der Waals surface area contributed by atoms with Crippen LogP contribution in [-0.2, 0) is 7.05 Å². The Morgan fingerprint density at radius 3 is 2.59 bits per heavy atom. The van der Waals surface area contributed by atoms with Crippen LogP contribution < -0.4 is 11.0 Å². The van der Waals surface area contributed by atoms with Crippen molar-refractivity contribution in [1.82, 2.24) is 14.1 Å². The number of nitrogens with zero attached hydrogens (tertiary/aromatic N) is 3. The van der Waals surface area contributed by atoms with Crippen LogP contribution in [0.5, 0.6) is 0 Å². The molecule has 4 aromatic rings. The maximum atomic E-state index is 13.5. The Labute approximate surface area is 154 Å². The summed E-state index contributed by atoms with van der Waals surface area (Å²) in [5, 5.41) is 0.688. The van der Waals surface area contributed by atoms with Crippen molar-refractivity contribution >= 4 is 21.9 Å². The molecule has 1 fully saturated rings. The lowest BCUT2D eigenvalue weighted by Crippen LogP contribution is -2.31. The van der Waals surface area contributed by atoms with Crippen molar-refractivity contribution in [2.24, 2.45) is 7.05 Å². The Bertz CT molecular complexity index is 1280. The highest BCUT2D eigenvalue weighted by atomic mass is 16.3. The minimum absolute atomic E-state index is 0.0469. The van der Waals surface area contributed by atoms with E-state index < -0.39 is 0 Å². The van der Waals surface area contributed by atoms with Gasteiger partial charge < -0.3 is 8.98 Å². The van der Waals surface area contributed by atoms with Gasteiger partial charge in [0.1, 0.15) is 5.39 Å². The van der Waals surface area contributed by atoms with Crippen LogP contribution in [0.3, 0.4) is 0 Å². The molecule has 0 bridgehead atoms. The molecule has 0 radical (unpaired) electrons. The van der Waals surface area contributed by atoms with Gasteiger partial charge in [-0.25, -0.2) is 4.98 Å². The topological polar surface area (TPSA) is 70.0 Å². The summed E-state index contributed by atoms with van der Waals surface area (Å²) in [7, 11) is 1.84. The van der Waals surface area contributed by atoms with E-state index in [2.05, 4.69) is 0 Å². The molecule has 0 spiro atoms. The van der Waals surface area contributed by atoms with Gasteiger partial charge in [-0.15, -0.1) is 0 Å². The summed E-state index contributed by atoms with van der Waals surface area (Å²) < 4.78 is 9.07. The van der Waals surface area contributed by atoms with E-state index in [1.807, 2.05) is 29.8 Å². The Balaban J connectivity index is 1.98. The fourth-order valence-electron chi connectivity index (χ4n) is 4.25. The van der Waals surface area contributed by atoms with Crippen molar-refractivity contribution in [3.63, 3.8) is 0 Å². The molecular formula is C21H19N3O3. The lowest BCUT2D eigenvalue weighted by atomic mass is 10.1. The van der Waals surface area contributed by atoms with Crippen LogP contribution >= 0.6 is 0 Å². The first-order valence-electron chi connectivity index (χ1n) is 9.24. The van der Waals surface area contributed by atoms with Crippen molar-refractivity contribution in [1.29, 1.82) is 0 Å². The van der Waals surface area contributed by atoms with Crippen LogP contribution in [0.4, 0.5) is 0 Å². The van der Waals surface area contributed by atoms with Crippen LogP contribution in [0.15, 0.2) is 56.7 Å². The minimum Gasteiger partial charge on any atom is -0.461 e. The molecule has 0 amide bonds. The Morgan fingerprint density at radius 1 is 1.07 bits per heavy atom. The molecular weight excluding hydrogens is 342 g/mol. The number of para-hydroxylation sites is 1. The van der Waals surface area contributed by atoms with Crippen molar-refractivity contribution < 1.29 is 4.42 Å². The van der Waals surface area contributed by atoms with E-state index in [4.69, 9.17) is 9.40 Å². The highest BCUT2D eigenvalue weighted by Crippen LogP contribution is 2.32. The van der Waals surface area contributed by atoms with E-state index in [1.165, 1.54) is 0 Å². The van der Waals surface area contributed by atoms with Gasteiger partial charge in [0.05, 0.1) is 11.8 Å². The number of benzene rings is 1. The number of aromatic nitrogens is 3. The maximum Gasteiger partial charge on any atom is 0.267 e. The first-order valence-corrected chi connectivity index (χ1v) is 9.24. The van der Waals surface area contributed by atoms with Crippen LogP contribution in [0, 0.1) is 0 Å². The van der Waals surface area contributed by atoms with E-state index in [1.54, 1.807) is 29.0 Å². The van der Waals surface area contributed by atoms with Crippen LogP contribution in [-0.4, -0.2) is 14.1 Å². The summed E-state index contributed by atoms with van der Waals surface area (Å²) in [5.41, 5.74) is 0.619. The highest BCUT2D eigenvalue weighted by Gasteiger charge is 2.26. The predicted molar refractivity (Wildman–Crippen MR) is 104 cm³/mol. The molecule has 1 saturated carbocycles.